The van der Waals surface area contributed by atoms with E-state index < -0.39 is 12.2 Å². The number of allylic oxidation sites excluding steroid dienone is 4. The van der Waals surface area contributed by atoms with Gasteiger partial charge in [-0.3, -0.25) is 0 Å². The molecule has 0 aromatic rings. The van der Waals surface area contributed by atoms with E-state index in [0.29, 0.717) is 41.9 Å². The van der Waals surface area contributed by atoms with Gasteiger partial charge in [0.1, 0.15) is 0 Å². The summed E-state index contributed by atoms with van der Waals surface area (Å²) in [5.41, 5.74) is 3.63. The van der Waals surface area contributed by atoms with E-state index in [-0.39, 0.29) is 6.10 Å². The van der Waals surface area contributed by atoms with E-state index in [2.05, 4.69) is 44.7 Å². The lowest BCUT2D eigenvalue weighted by molar-refractivity contribution is 0.0862. The number of hydrogen-bond acceptors (Lipinski definition) is 3. The summed E-state index contributed by atoms with van der Waals surface area (Å²) >= 11 is 0. The van der Waals surface area contributed by atoms with Gasteiger partial charge in [-0.1, -0.05) is 50.3 Å². The van der Waals surface area contributed by atoms with Crippen LogP contribution in [0.2, 0.25) is 0 Å². The van der Waals surface area contributed by atoms with E-state index >= 15 is 0 Å². The van der Waals surface area contributed by atoms with Crippen molar-refractivity contribution < 1.29 is 15.3 Å². The van der Waals surface area contributed by atoms with Crippen LogP contribution in [0.15, 0.2) is 47.6 Å². The summed E-state index contributed by atoms with van der Waals surface area (Å²) in [5, 5.41) is 30.4. The first-order chi connectivity index (χ1) is 14.3. The van der Waals surface area contributed by atoms with E-state index in [1.807, 2.05) is 0 Å². The average Bonchev–Trinajstić information content (AvgIpc) is 3.49. The molecule has 4 aliphatic rings. The Morgan fingerprint density at radius 3 is 2.60 bits per heavy atom. The maximum absolute atomic E-state index is 10.2. The molecule has 30 heavy (non-hydrogen) atoms. The number of rotatable bonds is 5. The van der Waals surface area contributed by atoms with Gasteiger partial charge in [-0.15, -0.1) is 0 Å². The molecule has 4 rings (SSSR count). The van der Waals surface area contributed by atoms with Gasteiger partial charge in [0.25, 0.3) is 0 Å². The van der Waals surface area contributed by atoms with E-state index in [4.69, 9.17) is 0 Å². The summed E-state index contributed by atoms with van der Waals surface area (Å²) < 4.78 is 0. The zero-order chi connectivity index (χ0) is 21.5. The molecule has 0 unspecified atom stereocenters. The Labute approximate surface area is 182 Å². The third kappa shape index (κ3) is 4.40. The zero-order valence-electron chi connectivity index (χ0n) is 18.8. The molecule has 4 saturated carbocycles. The maximum Gasteiger partial charge on any atom is 0.0811 e. The van der Waals surface area contributed by atoms with Crippen molar-refractivity contribution in [2.24, 2.45) is 29.1 Å². The lowest BCUT2D eigenvalue weighted by Crippen LogP contribution is -2.35. The molecule has 3 N–H and O–H groups in total. The summed E-state index contributed by atoms with van der Waals surface area (Å²) in [6, 6.07) is 0. The summed E-state index contributed by atoms with van der Waals surface area (Å²) in [6.45, 7) is 8.88. The maximum atomic E-state index is 10.2. The third-order valence-electron chi connectivity index (χ3n) is 8.65. The average molecular weight is 413 g/mol. The predicted molar refractivity (Wildman–Crippen MR) is 122 cm³/mol. The molecular formula is C27H40O3. The molecule has 0 saturated heterocycles. The molecular weight excluding hydrogens is 372 g/mol. The molecule has 0 radical (unpaired) electrons. The van der Waals surface area contributed by atoms with Crippen molar-refractivity contribution in [3.63, 3.8) is 0 Å². The number of hydrogen-bond donors (Lipinski definition) is 3. The van der Waals surface area contributed by atoms with Crippen LogP contribution in [0.25, 0.3) is 0 Å². The smallest absolute Gasteiger partial charge is 0.0811 e. The van der Waals surface area contributed by atoms with Gasteiger partial charge in [-0.2, -0.15) is 0 Å². The minimum absolute atomic E-state index is 0.250. The SMILES string of the molecule is C=C1/C(=C/C=C2\CCC[C@]3(C)[C@@H]([C@H](C)C=C[C@@H](O)C4CC4)CC[C@@H]23)C[C@@H](O)C[C@@H]1O. The van der Waals surface area contributed by atoms with Gasteiger partial charge in [-0.25, -0.2) is 0 Å². The molecule has 0 heterocycles. The third-order valence-corrected chi connectivity index (χ3v) is 8.65. The molecule has 4 aliphatic carbocycles. The molecule has 4 fully saturated rings. The minimum atomic E-state index is -0.621. The molecule has 0 aromatic heterocycles. The fourth-order valence-electron chi connectivity index (χ4n) is 6.63. The van der Waals surface area contributed by atoms with Gasteiger partial charge in [0, 0.05) is 6.42 Å². The first kappa shape index (κ1) is 22.0. The van der Waals surface area contributed by atoms with Gasteiger partial charge >= 0.3 is 0 Å². The van der Waals surface area contributed by atoms with Crippen LogP contribution in [0, 0.1) is 29.1 Å². The first-order valence-electron chi connectivity index (χ1n) is 12.1. The number of aliphatic hydroxyl groups is 3. The highest BCUT2D eigenvalue weighted by Gasteiger charge is 2.50. The summed E-state index contributed by atoms with van der Waals surface area (Å²) in [5.74, 6) is 2.28. The van der Waals surface area contributed by atoms with Crippen LogP contribution in [0.4, 0.5) is 0 Å². The quantitative estimate of drug-likeness (QED) is 0.551. The van der Waals surface area contributed by atoms with E-state index in [1.54, 1.807) is 0 Å². The Morgan fingerprint density at radius 1 is 1.10 bits per heavy atom. The zero-order valence-corrected chi connectivity index (χ0v) is 18.8. The van der Waals surface area contributed by atoms with Gasteiger partial charge in [0.05, 0.1) is 18.3 Å². The van der Waals surface area contributed by atoms with Crippen LogP contribution in [0.5, 0.6) is 0 Å². The Morgan fingerprint density at radius 2 is 1.87 bits per heavy atom. The highest BCUT2D eigenvalue weighted by atomic mass is 16.3. The Balaban J connectivity index is 1.48. The van der Waals surface area contributed by atoms with Crippen LogP contribution in [0.3, 0.4) is 0 Å². The van der Waals surface area contributed by atoms with Crippen molar-refractivity contribution >= 4 is 0 Å². The van der Waals surface area contributed by atoms with Crippen molar-refractivity contribution in [1.29, 1.82) is 0 Å². The molecule has 0 amide bonds. The first-order valence-corrected chi connectivity index (χ1v) is 12.1. The summed E-state index contributed by atoms with van der Waals surface area (Å²) in [6.07, 6.45) is 16.9. The Kier molecular flexibility index (Phi) is 6.44. The second kappa shape index (κ2) is 8.76. The monoisotopic (exact) mass is 412 g/mol. The molecule has 0 bridgehead atoms. The highest BCUT2D eigenvalue weighted by molar-refractivity contribution is 5.38. The van der Waals surface area contributed by atoms with Crippen molar-refractivity contribution in [1.82, 2.24) is 0 Å². The normalized spacial score (nSPS) is 42.1. The largest absolute Gasteiger partial charge is 0.393 e. The second-order valence-corrected chi connectivity index (χ2v) is 10.7. The predicted octanol–water partition coefficient (Wildman–Crippen LogP) is 5.09. The second-order valence-electron chi connectivity index (χ2n) is 10.7. The van der Waals surface area contributed by atoms with Crippen molar-refractivity contribution in [2.75, 3.05) is 0 Å². The van der Waals surface area contributed by atoms with Crippen molar-refractivity contribution in [3.05, 3.63) is 47.6 Å². The van der Waals surface area contributed by atoms with Crippen LogP contribution < -0.4 is 0 Å². The molecule has 7 atom stereocenters. The number of aliphatic hydroxyl groups excluding tert-OH is 3. The number of fused-ring (bicyclic) bond motifs is 1. The molecule has 0 spiro atoms. The Hall–Kier alpha value is -1.16. The fourth-order valence-corrected chi connectivity index (χ4v) is 6.63. The summed E-state index contributed by atoms with van der Waals surface area (Å²) in [7, 11) is 0. The minimum Gasteiger partial charge on any atom is -0.393 e. The molecule has 3 heteroatoms. The van der Waals surface area contributed by atoms with E-state index in [9.17, 15) is 15.3 Å². The molecule has 3 nitrogen and oxygen atoms in total. The van der Waals surface area contributed by atoms with Crippen molar-refractivity contribution in [2.45, 2.75) is 89.9 Å². The highest BCUT2D eigenvalue weighted by Crippen LogP contribution is 2.59. The van der Waals surface area contributed by atoms with E-state index in [1.165, 1.54) is 44.1 Å². The summed E-state index contributed by atoms with van der Waals surface area (Å²) in [4.78, 5) is 0. The molecule has 0 aromatic carbocycles. The van der Waals surface area contributed by atoms with Crippen LogP contribution in [-0.4, -0.2) is 33.6 Å². The topological polar surface area (TPSA) is 60.7 Å². The van der Waals surface area contributed by atoms with Gasteiger partial charge in [0.2, 0.25) is 0 Å². The van der Waals surface area contributed by atoms with Gasteiger partial charge in [-0.05, 0) is 91.6 Å². The van der Waals surface area contributed by atoms with Crippen LogP contribution in [0.1, 0.15) is 71.6 Å². The van der Waals surface area contributed by atoms with Crippen LogP contribution >= 0.6 is 0 Å². The molecule has 0 aliphatic heterocycles. The molecule has 166 valence electrons. The fraction of sp³-hybridized carbons (Fsp3) is 0.704. The van der Waals surface area contributed by atoms with Gasteiger partial charge in [0.15, 0.2) is 0 Å². The van der Waals surface area contributed by atoms with Crippen LogP contribution in [-0.2, 0) is 0 Å². The Bertz CT molecular complexity index is 743. The van der Waals surface area contributed by atoms with E-state index in [0.717, 1.165) is 17.6 Å². The van der Waals surface area contributed by atoms with Crippen molar-refractivity contribution in [3.8, 4) is 0 Å². The standard InChI is InChI=1S/C27H40O3/c1-17(6-13-25(29)20-8-9-20)23-11-12-24-19(5-4-14-27(23,24)3)7-10-21-15-22(28)16-26(30)18(21)2/h6-7,10,13,17,20,22-26,28-30H,2,4-5,8-9,11-12,14-16H2,1,3H3/b13-6?,19-7+,21-10+/t17-,22-,23-,24+,25-,26+,27-/m1/s1. The lowest BCUT2D eigenvalue weighted by atomic mass is 9.61. The van der Waals surface area contributed by atoms with Gasteiger partial charge < -0.3 is 15.3 Å². The lowest BCUT2D eigenvalue weighted by Gasteiger charge is -2.44.